The summed E-state index contributed by atoms with van der Waals surface area (Å²) in [6, 6.07) is -1.27. The Morgan fingerprint density at radius 1 is 1.32 bits per heavy atom. The number of nitrogens with one attached hydrogen (secondary N) is 2. The summed E-state index contributed by atoms with van der Waals surface area (Å²) in [5, 5.41) is 4.65. The molecule has 126 valence electrons. The number of amides is 3. The minimum atomic E-state index is -4.47. The van der Waals surface area contributed by atoms with Crippen molar-refractivity contribution in [3.05, 3.63) is 0 Å². The second kappa shape index (κ2) is 6.34. The Hall–Kier alpha value is -1.47. The van der Waals surface area contributed by atoms with Gasteiger partial charge in [-0.15, -0.1) is 0 Å². The molecule has 2 N–H and O–H groups in total. The second-order valence-corrected chi connectivity index (χ2v) is 6.07. The van der Waals surface area contributed by atoms with Gasteiger partial charge in [-0.2, -0.15) is 13.2 Å². The van der Waals surface area contributed by atoms with E-state index in [4.69, 9.17) is 0 Å². The van der Waals surface area contributed by atoms with Crippen molar-refractivity contribution >= 4 is 11.9 Å². The third kappa shape index (κ3) is 3.47. The summed E-state index contributed by atoms with van der Waals surface area (Å²) in [5.41, 5.74) is -2.14. The highest BCUT2D eigenvalue weighted by molar-refractivity contribution is 5.81. The van der Waals surface area contributed by atoms with Crippen molar-refractivity contribution in [3.63, 3.8) is 0 Å². The first kappa shape index (κ1) is 16.9. The van der Waals surface area contributed by atoms with E-state index >= 15 is 0 Å². The molecule has 2 fully saturated rings. The van der Waals surface area contributed by atoms with Gasteiger partial charge in [0.05, 0.1) is 6.04 Å². The van der Waals surface area contributed by atoms with Crippen LogP contribution in [0.25, 0.3) is 0 Å². The van der Waals surface area contributed by atoms with Gasteiger partial charge in [0.2, 0.25) is 5.91 Å². The van der Waals surface area contributed by atoms with Crippen LogP contribution in [0.3, 0.4) is 0 Å². The Labute approximate surface area is 127 Å². The summed E-state index contributed by atoms with van der Waals surface area (Å²) in [4.78, 5) is 25.1. The van der Waals surface area contributed by atoms with Gasteiger partial charge < -0.3 is 15.5 Å². The van der Waals surface area contributed by atoms with E-state index in [2.05, 4.69) is 10.6 Å². The molecule has 0 aromatic heterocycles. The van der Waals surface area contributed by atoms with Crippen LogP contribution in [-0.4, -0.2) is 47.7 Å². The highest BCUT2D eigenvalue weighted by Gasteiger charge is 2.55. The molecule has 2 rings (SSSR count). The van der Waals surface area contributed by atoms with Gasteiger partial charge in [-0.3, -0.25) is 4.79 Å². The average molecular weight is 321 g/mol. The van der Waals surface area contributed by atoms with Gasteiger partial charge in [0.15, 0.2) is 0 Å². The lowest BCUT2D eigenvalue weighted by atomic mass is 9.81. The summed E-state index contributed by atoms with van der Waals surface area (Å²) in [5.74, 6) is -0.0870. The standard InChI is InChI=1S/C14H22F3N3O2/c1-2-20-9-10(8-11(20)21)18-12(22)19-13(14(15,16)17)6-4-3-5-7-13/h10H,2-9H2,1H3,(H2,18,19,22). The van der Waals surface area contributed by atoms with E-state index in [9.17, 15) is 22.8 Å². The zero-order chi connectivity index (χ0) is 16.4. The summed E-state index contributed by atoms with van der Waals surface area (Å²) < 4.78 is 40.0. The Morgan fingerprint density at radius 3 is 2.45 bits per heavy atom. The number of nitrogens with zero attached hydrogens (tertiary/aromatic N) is 1. The molecule has 1 unspecified atom stereocenters. The molecule has 22 heavy (non-hydrogen) atoms. The molecule has 0 spiro atoms. The van der Waals surface area contributed by atoms with Gasteiger partial charge in [-0.05, 0) is 19.8 Å². The molecule has 0 radical (unpaired) electrons. The van der Waals surface area contributed by atoms with Crippen LogP contribution in [0.1, 0.15) is 45.4 Å². The Kier molecular flexibility index (Phi) is 4.87. The number of carbonyl (C=O) groups excluding carboxylic acids is 2. The number of halogens is 3. The van der Waals surface area contributed by atoms with E-state index < -0.39 is 23.8 Å². The van der Waals surface area contributed by atoms with Crippen molar-refractivity contribution in [2.24, 2.45) is 0 Å². The summed E-state index contributed by atoms with van der Waals surface area (Å²) in [6.45, 7) is 2.70. The molecule has 8 heteroatoms. The van der Waals surface area contributed by atoms with Crippen molar-refractivity contribution in [2.75, 3.05) is 13.1 Å². The second-order valence-electron chi connectivity index (χ2n) is 6.07. The van der Waals surface area contributed by atoms with Crippen molar-refractivity contribution < 1.29 is 22.8 Å². The molecule has 1 aliphatic carbocycles. The van der Waals surface area contributed by atoms with Gasteiger partial charge in [0, 0.05) is 19.5 Å². The van der Waals surface area contributed by atoms with Gasteiger partial charge >= 0.3 is 12.2 Å². The predicted molar refractivity (Wildman–Crippen MR) is 74.2 cm³/mol. The monoisotopic (exact) mass is 321 g/mol. The van der Waals surface area contributed by atoms with Gasteiger partial charge in [0.1, 0.15) is 5.54 Å². The maximum absolute atomic E-state index is 13.3. The molecule has 0 aromatic rings. The summed E-state index contributed by atoms with van der Waals surface area (Å²) in [7, 11) is 0. The number of hydrogen-bond donors (Lipinski definition) is 2. The van der Waals surface area contributed by atoms with Crippen LogP contribution in [0.4, 0.5) is 18.0 Å². The van der Waals surface area contributed by atoms with Gasteiger partial charge in [0.25, 0.3) is 0 Å². The first-order valence-electron chi connectivity index (χ1n) is 7.70. The van der Waals surface area contributed by atoms with E-state index in [1.165, 1.54) is 0 Å². The molecule has 1 atom stereocenters. The number of alkyl halides is 3. The quantitative estimate of drug-likeness (QED) is 0.837. The SMILES string of the molecule is CCN1CC(NC(=O)NC2(C(F)(F)F)CCCCC2)CC1=O. The van der Waals surface area contributed by atoms with E-state index in [-0.39, 0.29) is 25.2 Å². The minimum Gasteiger partial charge on any atom is -0.341 e. The number of likely N-dealkylation sites (N-methyl/N-ethyl adjacent to an activating group) is 1. The van der Waals surface area contributed by atoms with E-state index in [0.29, 0.717) is 25.9 Å². The maximum atomic E-state index is 13.3. The van der Waals surface area contributed by atoms with Crippen molar-refractivity contribution in [3.8, 4) is 0 Å². The van der Waals surface area contributed by atoms with Crippen LogP contribution >= 0.6 is 0 Å². The Bertz CT molecular complexity index is 434. The largest absolute Gasteiger partial charge is 0.411 e. The van der Waals surface area contributed by atoms with E-state index in [1.807, 2.05) is 6.92 Å². The van der Waals surface area contributed by atoms with Crippen LogP contribution in [0.5, 0.6) is 0 Å². The van der Waals surface area contributed by atoms with Gasteiger partial charge in [-0.1, -0.05) is 19.3 Å². The van der Waals surface area contributed by atoms with E-state index in [0.717, 1.165) is 6.42 Å². The van der Waals surface area contributed by atoms with E-state index in [1.54, 1.807) is 4.90 Å². The molecule has 3 amide bonds. The Morgan fingerprint density at radius 2 is 1.95 bits per heavy atom. The van der Waals surface area contributed by atoms with Crippen LogP contribution in [-0.2, 0) is 4.79 Å². The van der Waals surface area contributed by atoms with Crippen LogP contribution in [0.15, 0.2) is 0 Å². The molecule has 2 aliphatic rings. The third-order valence-corrected chi connectivity index (χ3v) is 4.53. The molecule has 5 nitrogen and oxygen atoms in total. The third-order valence-electron chi connectivity index (χ3n) is 4.53. The topological polar surface area (TPSA) is 61.4 Å². The molecular formula is C14H22F3N3O2. The lowest BCUT2D eigenvalue weighted by Crippen LogP contribution is -2.62. The van der Waals surface area contributed by atoms with Crippen molar-refractivity contribution in [1.82, 2.24) is 15.5 Å². The summed E-state index contributed by atoms with van der Waals surface area (Å²) >= 11 is 0. The highest BCUT2D eigenvalue weighted by atomic mass is 19.4. The number of likely N-dealkylation sites (tertiary alicyclic amines) is 1. The first-order chi connectivity index (χ1) is 10.3. The van der Waals surface area contributed by atoms with Crippen LogP contribution in [0, 0.1) is 0 Å². The lowest BCUT2D eigenvalue weighted by Gasteiger charge is -2.39. The molecule has 1 saturated carbocycles. The number of rotatable bonds is 3. The van der Waals surface area contributed by atoms with Crippen molar-refractivity contribution in [2.45, 2.75) is 63.2 Å². The molecule has 1 aliphatic heterocycles. The maximum Gasteiger partial charge on any atom is 0.411 e. The number of hydrogen-bond acceptors (Lipinski definition) is 2. The predicted octanol–water partition coefficient (Wildman–Crippen LogP) is 2.17. The van der Waals surface area contributed by atoms with Crippen LogP contribution < -0.4 is 10.6 Å². The fourth-order valence-corrected chi connectivity index (χ4v) is 3.25. The normalized spacial score (nSPS) is 25.2. The smallest absolute Gasteiger partial charge is 0.341 e. The number of urea groups is 1. The molecule has 1 saturated heterocycles. The lowest BCUT2D eigenvalue weighted by molar-refractivity contribution is -0.201. The first-order valence-corrected chi connectivity index (χ1v) is 7.70. The average Bonchev–Trinajstić information content (AvgIpc) is 2.78. The molecule has 0 aromatic carbocycles. The molecular weight excluding hydrogens is 299 g/mol. The zero-order valence-corrected chi connectivity index (χ0v) is 12.6. The summed E-state index contributed by atoms with van der Waals surface area (Å²) in [6.07, 6.45) is -2.85. The fourth-order valence-electron chi connectivity index (χ4n) is 3.25. The fraction of sp³-hybridized carbons (Fsp3) is 0.857. The molecule has 0 bridgehead atoms. The molecule has 1 heterocycles. The zero-order valence-electron chi connectivity index (χ0n) is 12.6. The Balaban J connectivity index is 1.96. The van der Waals surface area contributed by atoms with Crippen LogP contribution in [0.2, 0.25) is 0 Å². The minimum absolute atomic E-state index is 0.0870. The number of carbonyl (C=O) groups is 2. The van der Waals surface area contributed by atoms with Crippen molar-refractivity contribution in [1.29, 1.82) is 0 Å². The highest BCUT2D eigenvalue weighted by Crippen LogP contribution is 2.41. The van der Waals surface area contributed by atoms with Gasteiger partial charge in [-0.25, -0.2) is 4.79 Å².